The van der Waals surface area contributed by atoms with Crippen molar-refractivity contribution in [3.63, 3.8) is 0 Å². The van der Waals surface area contributed by atoms with E-state index >= 15 is 70.2 Å². The first-order chi connectivity index (χ1) is 36.9. The summed E-state index contributed by atoms with van der Waals surface area (Å²) < 4.78 is 324. The van der Waals surface area contributed by atoms with Crippen molar-refractivity contribution in [2.75, 3.05) is 6.16 Å². The molecule has 1 aromatic heterocycles. The number of pyridine rings is 1. The molecule has 0 radical (unpaired) electrons. The number of benzene rings is 5. The molecule has 2 nitrogen and oxygen atoms in total. The molecule has 0 aliphatic rings. The maximum Gasteiger partial charge on any atom is 0.373 e. The second kappa shape index (κ2) is 24.4. The lowest BCUT2D eigenvalue weighted by Gasteiger charge is -2.44. The van der Waals surface area contributed by atoms with Gasteiger partial charge in [-0.05, 0) is 62.9 Å². The van der Waals surface area contributed by atoms with Gasteiger partial charge in [0.2, 0.25) is 5.82 Å². The molecule has 1 unspecified atom stereocenters. The molecule has 434 valence electrons. The van der Waals surface area contributed by atoms with Crippen LogP contribution in [0, 0.1) is 116 Å². The molecule has 0 spiro atoms. The maximum absolute atomic E-state index is 16.9. The highest BCUT2D eigenvalue weighted by Gasteiger charge is 2.60. The Morgan fingerprint density at radius 3 is 1.09 bits per heavy atom. The van der Waals surface area contributed by atoms with Crippen molar-refractivity contribution in [3.8, 4) is 0 Å². The number of nitrogens with zero attached hydrogens (tertiary/aromatic N) is 1. The van der Waals surface area contributed by atoms with Gasteiger partial charge in [-0.25, -0.2) is 87.8 Å². The summed E-state index contributed by atoms with van der Waals surface area (Å²) in [6.45, 7) is 17.4. The van der Waals surface area contributed by atoms with Gasteiger partial charge >= 0.3 is 13.2 Å². The van der Waals surface area contributed by atoms with Crippen molar-refractivity contribution < 1.29 is 96.9 Å². The Kier molecular flexibility index (Phi) is 19.9. The normalized spacial score (nSPS) is 12.9. The van der Waals surface area contributed by atoms with Gasteiger partial charge in [0.25, 0.3) is 0 Å². The van der Waals surface area contributed by atoms with Gasteiger partial charge in [0, 0.05) is 17.0 Å². The fourth-order valence-electron chi connectivity index (χ4n) is 9.39. The van der Waals surface area contributed by atoms with Crippen LogP contribution >= 0.6 is 8.58 Å². The molecular formula is C55H52B2F20NOP. The summed E-state index contributed by atoms with van der Waals surface area (Å²) in [7, 11) is -0.733. The molecule has 0 bridgehead atoms. The van der Waals surface area contributed by atoms with Gasteiger partial charge in [0.1, 0.15) is 35.7 Å². The molecule has 6 aromatic rings. The van der Waals surface area contributed by atoms with Crippen LogP contribution in [0.4, 0.5) is 87.8 Å². The predicted octanol–water partition coefficient (Wildman–Crippen LogP) is 14.7. The van der Waals surface area contributed by atoms with E-state index in [2.05, 4.69) is 13.8 Å². The summed E-state index contributed by atoms with van der Waals surface area (Å²) in [5.74, 6) is -62.7. The lowest BCUT2D eigenvalue weighted by Crippen LogP contribution is -2.84. The van der Waals surface area contributed by atoms with Crippen LogP contribution in [-0.4, -0.2) is 19.4 Å². The molecule has 0 aliphatic heterocycles. The molecule has 0 N–H and O–H groups in total. The summed E-state index contributed by atoms with van der Waals surface area (Å²) in [6.07, 6.45) is -3.84. The molecule has 5 aromatic carbocycles. The van der Waals surface area contributed by atoms with Crippen molar-refractivity contribution in [1.82, 2.24) is 0 Å². The van der Waals surface area contributed by atoms with Crippen molar-refractivity contribution in [2.24, 2.45) is 0 Å². The van der Waals surface area contributed by atoms with Crippen molar-refractivity contribution in [1.29, 1.82) is 0 Å². The van der Waals surface area contributed by atoms with Crippen LogP contribution < -0.4 is 26.2 Å². The molecule has 0 saturated carbocycles. The molecule has 1 heterocycles. The van der Waals surface area contributed by atoms with Crippen molar-refractivity contribution in [3.05, 3.63) is 181 Å². The molecule has 6 rings (SSSR count). The average Bonchev–Trinajstić information content (AvgIpc) is 3.39. The molecule has 80 heavy (non-hydrogen) atoms. The van der Waals surface area contributed by atoms with E-state index in [1.165, 1.54) is 19.3 Å². The number of halogens is 20. The van der Waals surface area contributed by atoms with Gasteiger partial charge in [-0.15, -0.1) is 0 Å². The Bertz CT molecular complexity index is 3100. The summed E-state index contributed by atoms with van der Waals surface area (Å²) in [6, 6.07) is 1.31. The van der Waals surface area contributed by atoms with Gasteiger partial charge in [0.05, 0.1) is 0 Å². The lowest BCUT2D eigenvalue weighted by molar-refractivity contribution is -0.546. The third-order valence-electron chi connectivity index (χ3n) is 13.5. The van der Waals surface area contributed by atoms with Gasteiger partial charge in [-0.3, -0.25) is 0 Å². The highest BCUT2D eigenvalue weighted by molar-refractivity contribution is 7.47. The monoisotopic (exact) mass is 1180 g/mol. The summed E-state index contributed by atoms with van der Waals surface area (Å²) in [5, 5.41) is 0.455. The van der Waals surface area contributed by atoms with E-state index in [0.717, 1.165) is 11.6 Å². The molecule has 0 fully saturated rings. The maximum atomic E-state index is 16.9. The fraction of sp³-hybridized carbons (Fsp3) is 0.364. The third kappa shape index (κ3) is 11.9. The van der Waals surface area contributed by atoms with Gasteiger partial charge in [-0.1, -0.05) is 133 Å². The van der Waals surface area contributed by atoms with E-state index in [4.69, 9.17) is 4.65 Å². The van der Waals surface area contributed by atoms with Gasteiger partial charge < -0.3 is 9.13 Å². The zero-order valence-electron chi connectivity index (χ0n) is 44.7. The molecule has 0 aliphatic carbocycles. The Morgan fingerprint density at radius 2 is 0.775 bits per heavy atom. The minimum absolute atomic E-state index is 0.219. The highest BCUT2D eigenvalue weighted by atomic mass is 31.1. The molecule has 0 saturated heterocycles. The van der Waals surface area contributed by atoms with Gasteiger partial charge in [-0.2, -0.15) is 0 Å². The van der Waals surface area contributed by atoms with E-state index in [1.807, 2.05) is 20.8 Å². The first kappa shape index (κ1) is 65.2. The minimum Gasteiger partial charge on any atom is -0.452 e. The van der Waals surface area contributed by atoms with E-state index in [9.17, 15) is 17.6 Å². The standard InChI is InChI=1S/C50H40B2F20NOP.C5H12/c1-48(2,3)19-17-20(49(4,5)6)46(21(18-19)50(7,8)9)75-16-13-51(23-28(55)36(63)43(70)37(64)29(23)56)74-47(22-26(53)34(61)42(69)35(62)27(22)54)52(73-14-11-10-12-15-73,24-30(57)38(65)44(71)39(66)31(24)58)25-32(59)40(67)45(72)41(68)33(25)60;1-3-5-4-2/h10-12,14-15,17-18,47,75H,13,16H2,1-9H3;3-5H2,1-2H3/t47-;/m0./s1. The fourth-order valence-corrected chi connectivity index (χ4v) is 11.3. The van der Waals surface area contributed by atoms with Crippen LogP contribution in [0.15, 0.2) is 42.7 Å². The van der Waals surface area contributed by atoms with Crippen LogP contribution in [0.1, 0.15) is 124 Å². The highest BCUT2D eigenvalue weighted by Crippen LogP contribution is 2.41. The Balaban J connectivity index is 0.00000225. The zero-order valence-corrected chi connectivity index (χ0v) is 45.7. The number of hydrogen-bond donors (Lipinski definition) is 0. The molecular weight excluding hydrogens is 1120 g/mol. The summed E-state index contributed by atoms with van der Waals surface area (Å²) in [5.41, 5.74) is -11.1. The van der Waals surface area contributed by atoms with E-state index in [-0.39, 0.29) is 16.9 Å². The van der Waals surface area contributed by atoms with Crippen LogP contribution in [0.2, 0.25) is 6.32 Å². The third-order valence-corrected chi connectivity index (χ3v) is 14.9. The first-order valence-corrected chi connectivity index (χ1v) is 25.9. The largest absolute Gasteiger partial charge is 0.452 e. The van der Waals surface area contributed by atoms with Crippen LogP contribution in [0.25, 0.3) is 0 Å². The Morgan fingerprint density at radius 1 is 0.450 bits per heavy atom. The van der Waals surface area contributed by atoms with Crippen LogP contribution in [0.3, 0.4) is 0 Å². The predicted molar refractivity (Wildman–Crippen MR) is 267 cm³/mol. The van der Waals surface area contributed by atoms with E-state index in [0.29, 0.717) is 28.6 Å². The summed E-state index contributed by atoms with van der Waals surface area (Å²) in [4.78, 5) is 0. The van der Waals surface area contributed by atoms with E-state index in [1.54, 1.807) is 53.7 Å². The number of unbranched alkanes of at least 4 members (excludes halogenated alkanes) is 2. The Labute approximate surface area is 450 Å². The Hall–Kier alpha value is -5.63. The topological polar surface area (TPSA) is 13.1 Å². The van der Waals surface area contributed by atoms with E-state index < -0.39 is 195 Å². The van der Waals surface area contributed by atoms with Crippen molar-refractivity contribution in [2.45, 2.75) is 124 Å². The average molecular weight is 1180 g/mol. The summed E-state index contributed by atoms with van der Waals surface area (Å²) >= 11 is 0. The number of rotatable bonds is 14. The SMILES string of the molecule is CC(C)(C)c1cc(C(C)(C)C)c(PCCB(O[C@@H](c2c(F)c(F)c(F)c(F)c2F)[B-](c2c(F)c(F)c(F)c(F)c2F)(c2c(F)c(F)c(F)c(F)c2F)[n+]2ccccc2)c2c(F)c(F)c(F)c(F)c2F)c(C(C)(C)C)c1.CCCCC. The molecule has 25 heteroatoms. The molecule has 0 amide bonds. The van der Waals surface area contributed by atoms with Crippen LogP contribution in [0.5, 0.6) is 0 Å². The first-order valence-electron chi connectivity index (χ1n) is 24.7. The van der Waals surface area contributed by atoms with Crippen molar-refractivity contribution >= 4 is 43.5 Å². The zero-order chi connectivity index (χ0) is 60.8. The smallest absolute Gasteiger partial charge is 0.373 e. The minimum atomic E-state index is -6.31. The second-order valence-electron chi connectivity index (χ2n) is 22.0. The quantitative estimate of drug-likeness (QED) is 0.0348. The van der Waals surface area contributed by atoms with Gasteiger partial charge in [0.15, 0.2) is 87.3 Å². The second-order valence-corrected chi connectivity index (χ2v) is 23.3. The lowest BCUT2D eigenvalue weighted by atomic mass is 9.22. The number of hydrogen-bond acceptors (Lipinski definition) is 1. The molecule has 2 atom stereocenters. The van der Waals surface area contributed by atoms with Crippen LogP contribution in [-0.2, 0) is 20.9 Å². The number of aromatic nitrogens is 1.